The summed E-state index contributed by atoms with van der Waals surface area (Å²) in [4.78, 5) is 9.40. The largest absolute Gasteiger partial charge is 0.419 e. The number of piperazine rings is 1. The van der Waals surface area contributed by atoms with Crippen LogP contribution in [0.25, 0.3) is 22.2 Å². The SMILES string of the molecule is CCN1CCN([C@H](C)CNc2oc(-c3cccc4ccccc34)nc2C#N)CC1. The monoisotopic (exact) mass is 389 g/mol. The zero-order chi connectivity index (χ0) is 20.2. The molecule has 29 heavy (non-hydrogen) atoms. The lowest BCUT2D eigenvalue weighted by atomic mass is 10.0. The van der Waals surface area contributed by atoms with Gasteiger partial charge in [0.15, 0.2) is 0 Å². The summed E-state index contributed by atoms with van der Waals surface area (Å²) in [5.41, 5.74) is 1.20. The predicted octanol–water partition coefficient (Wildman–Crippen LogP) is 3.80. The molecule has 1 aliphatic rings. The van der Waals surface area contributed by atoms with Crippen LogP contribution in [0.2, 0.25) is 0 Å². The number of benzene rings is 2. The highest BCUT2D eigenvalue weighted by Gasteiger charge is 2.22. The average Bonchev–Trinajstić information content (AvgIpc) is 3.20. The maximum atomic E-state index is 9.53. The number of nitriles is 1. The molecular weight excluding hydrogens is 362 g/mol. The Hall–Kier alpha value is -2.88. The molecule has 6 heteroatoms. The van der Waals surface area contributed by atoms with Crippen LogP contribution in [0.3, 0.4) is 0 Å². The second-order valence-electron chi connectivity index (χ2n) is 7.54. The Bertz CT molecular complexity index is 1010. The fourth-order valence-electron chi connectivity index (χ4n) is 3.93. The van der Waals surface area contributed by atoms with E-state index >= 15 is 0 Å². The summed E-state index contributed by atoms with van der Waals surface area (Å²) in [7, 11) is 0. The first-order chi connectivity index (χ1) is 14.2. The Labute approximate surface area is 171 Å². The van der Waals surface area contributed by atoms with E-state index in [2.05, 4.69) is 52.2 Å². The van der Waals surface area contributed by atoms with Gasteiger partial charge in [0.05, 0.1) is 0 Å². The van der Waals surface area contributed by atoms with Crippen LogP contribution in [0.5, 0.6) is 0 Å². The number of nitrogens with zero attached hydrogens (tertiary/aromatic N) is 4. The normalized spacial score (nSPS) is 16.6. The van der Waals surface area contributed by atoms with E-state index in [-0.39, 0.29) is 0 Å². The van der Waals surface area contributed by atoms with E-state index in [1.165, 1.54) is 0 Å². The van der Waals surface area contributed by atoms with Gasteiger partial charge in [-0.3, -0.25) is 4.90 Å². The van der Waals surface area contributed by atoms with E-state index < -0.39 is 0 Å². The fourth-order valence-corrected chi connectivity index (χ4v) is 3.93. The molecule has 0 radical (unpaired) electrons. The minimum atomic E-state index is 0.302. The number of hydrogen-bond acceptors (Lipinski definition) is 6. The molecule has 1 atom stereocenters. The minimum Gasteiger partial charge on any atom is -0.419 e. The number of likely N-dealkylation sites (N-methyl/N-ethyl adjacent to an activating group) is 1. The summed E-state index contributed by atoms with van der Waals surface area (Å²) in [6.45, 7) is 10.6. The number of oxazole rings is 1. The molecule has 1 aromatic heterocycles. The first-order valence-corrected chi connectivity index (χ1v) is 10.3. The maximum absolute atomic E-state index is 9.53. The van der Waals surface area contributed by atoms with Crippen molar-refractivity contribution in [2.45, 2.75) is 19.9 Å². The molecule has 0 bridgehead atoms. The van der Waals surface area contributed by atoms with Crippen molar-refractivity contribution < 1.29 is 4.42 Å². The molecule has 4 rings (SSSR count). The highest BCUT2D eigenvalue weighted by Crippen LogP contribution is 2.31. The standard InChI is InChI=1S/C23H27N5O/c1-3-27-11-13-28(14-12-27)17(2)16-25-23-21(15-24)26-22(29-23)20-10-6-8-18-7-4-5-9-19(18)20/h4-10,17,25H,3,11-14,16H2,1-2H3/t17-/m1/s1. The molecule has 1 N–H and O–H groups in total. The summed E-state index contributed by atoms with van der Waals surface area (Å²) < 4.78 is 6.00. The molecule has 0 unspecified atom stereocenters. The van der Waals surface area contributed by atoms with Gasteiger partial charge in [0, 0.05) is 44.3 Å². The van der Waals surface area contributed by atoms with Crippen LogP contribution in [-0.2, 0) is 0 Å². The van der Waals surface area contributed by atoms with Crippen molar-refractivity contribution in [3.8, 4) is 17.5 Å². The van der Waals surface area contributed by atoms with Gasteiger partial charge >= 0.3 is 0 Å². The van der Waals surface area contributed by atoms with E-state index in [0.29, 0.717) is 30.1 Å². The Morgan fingerprint density at radius 3 is 2.66 bits per heavy atom. The van der Waals surface area contributed by atoms with E-state index in [1.54, 1.807) is 0 Å². The number of aromatic nitrogens is 1. The topological polar surface area (TPSA) is 68.3 Å². The number of hydrogen-bond donors (Lipinski definition) is 1. The van der Waals surface area contributed by atoms with Gasteiger partial charge in [0.1, 0.15) is 6.07 Å². The van der Waals surface area contributed by atoms with E-state index in [1.807, 2.05) is 30.3 Å². The minimum absolute atomic E-state index is 0.302. The number of anilines is 1. The Kier molecular flexibility index (Phi) is 5.79. The third-order valence-corrected chi connectivity index (χ3v) is 5.79. The highest BCUT2D eigenvalue weighted by atomic mass is 16.4. The van der Waals surface area contributed by atoms with Gasteiger partial charge in [-0.25, -0.2) is 0 Å². The van der Waals surface area contributed by atoms with Crippen molar-refractivity contribution >= 4 is 16.7 Å². The predicted molar refractivity (Wildman–Crippen MR) is 116 cm³/mol. The van der Waals surface area contributed by atoms with Gasteiger partial charge in [-0.1, -0.05) is 43.3 Å². The smallest absolute Gasteiger partial charge is 0.232 e. The van der Waals surface area contributed by atoms with Crippen LogP contribution in [0.4, 0.5) is 5.88 Å². The molecule has 1 saturated heterocycles. The summed E-state index contributed by atoms with van der Waals surface area (Å²) in [6, 6.07) is 16.7. The van der Waals surface area contributed by atoms with Crippen LogP contribution in [0.1, 0.15) is 19.5 Å². The van der Waals surface area contributed by atoms with Gasteiger partial charge < -0.3 is 14.6 Å². The first kappa shape index (κ1) is 19.4. The van der Waals surface area contributed by atoms with E-state index in [0.717, 1.165) is 49.1 Å². The lowest BCUT2D eigenvalue weighted by Gasteiger charge is -2.37. The summed E-state index contributed by atoms with van der Waals surface area (Å²) in [6.07, 6.45) is 0. The second kappa shape index (κ2) is 8.64. The molecule has 0 spiro atoms. The van der Waals surface area contributed by atoms with Crippen molar-refractivity contribution in [3.63, 3.8) is 0 Å². The second-order valence-corrected chi connectivity index (χ2v) is 7.54. The number of rotatable bonds is 6. The lowest BCUT2D eigenvalue weighted by molar-refractivity contribution is 0.110. The van der Waals surface area contributed by atoms with Crippen LogP contribution in [0.15, 0.2) is 46.9 Å². The molecule has 0 amide bonds. The van der Waals surface area contributed by atoms with Crippen molar-refractivity contribution in [3.05, 3.63) is 48.2 Å². The quantitative estimate of drug-likeness (QED) is 0.692. The van der Waals surface area contributed by atoms with Gasteiger partial charge in [-0.05, 0) is 30.3 Å². The third-order valence-electron chi connectivity index (χ3n) is 5.79. The zero-order valence-electron chi connectivity index (χ0n) is 17.1. The molecule has 6 nitrogen and oxygen atoms in total. The van der Waals surface area contributed by atoms with Crippen LogP contribution < -0.4 is 5.32 Å². The summed E-state index contributed by atoms with van der Waals surface area (Å²) >= 11 is 0. The van der Waals surface area contributed by atoms with Gasteiger partial charge in [0.25, 0.3) is 0 Å². The summed E-state index contributed by atoms with van der Waals surface area (Å²) in [5, 5.41) is 15.0. The van der Waals surface area contributed by atoms with Gasteiger partial charge in [-0.15, -0.1) is 0 Å². The van der Waals surface area contributed by atoms with Crippen molar-refractivity contribution in [2.24, 2.45) is 0 Å². The molecule has 3 aromatic rings. The number of nitrogens with one attached hydrogen (secondary N) is 1. The first-order valence-electron chi connectivity index (χ1n) is 10.3. The fraction of sp³-hybridized carbons (Fsp3) is 0.391. The van der Waals surface area contributed by atoms with Crippen molar-refractivity contribution in [1.29, 1.82) is 5.26 Å². The molecular formula is C23H27N5O. The average molecular weight is 390 g/mol. The molecule has 2 heterocycles. The van der Waals surface area contributed by atoms with Crippen molar-refractivity contribution in [2.75, 3.05) is 44.6 Å². The Balaban J connectivity index is 1.49. The molecule has 150 valence electrons. The Morgan fingerprint density at radius 2 is 1.90 bits per heavy atom. The molecule has 1 fully saturated rings. The molecule has 0 aliphatic carbocycles. The zero-order valence-corrected chi connectivity index (χ0v) is 17.1. The van der Waals surface area contributed by atoms with Crippen LogP contribution >= 0.6 is 0 Å². The molecule has 0 saturated carbocycles. The lowest BCUT2D eigenvalue weighted by Crippen LogP contribution is -2.51. The molecule has 1 aliphatic heterocycles. The van der Waals surface area contributed by atoms with E-state index in [4.69, 9.17) is 4.42 Å². The van der Waals surface area contributed by atoms with Gasteiger partial charge in [-0.2, -0.15) is 10.2 Å². The Morgan fingerprint density at radius 1 is 1.14 bits per heavy atom. The number of fused-ring (bicyclic) bond motifs is 1. The van der Waals surface area contributed by atoms with Crippen molar-refractivity contribution in [1.82, 2.24) is 14.8 Å². The molecule has 2 aromatic carbocycles. The highest BCUT2D eigenvalue weighted by molar-refractivity contribution is 5.94. The van der Waals surface area contributed by atoms with Crippen LogP contribution in [0, 0.1) is 11.3 Å². The maximum Gasteiger partial charge on any atom is 0.232 e. The van der Waals surface area contributed by atoms with E-state index in [9.17, 15) is 5.26 Å². The van der Waals surface area contributed by atoms with Crippen LogP contribution in [-0.4, -0.2) is 60.1 Å². The summed E-state index contributed by atoms with van der Waals surface area (Å²) in [5.74, 6) is 0.930. The van der Waals surface area contributed by atoms with Gasteiger partial charge in [0.2, 0.25) is 17.5 Å². The third kappa shape index (κ3) is 4.12.